The minimum atomic E-state index is 0.719. The Balaban J connectivity index is 2.46. The number of nitrogen functional groups attached to an aromatic ring is 1. The molecule has 90 valence electrons. The second-order valence-electron chi connectivity index (χ2n) is 4.05. The molecule has 0 saturated heterocycles. The molecular formula is C13H16ClN3. The van der Waals surface area contributed by atoms with E-state index in [2.05, 4.69) is 11.9 Å². The van der Waals surface area contributed by atoms with Gasteiger partial charge in [-0.2, -0.15) is 0 Å². The van der Waals surface area contributed by atoms with E-state index in [1.54, 1.807) is 0 Å². The highest BCUT2D eigenvalue weighted by Crippen LogP contribution is 2.27. The zero-order valence-electron chi connectivity index (χ0n) is 10.1. The normalized spacial score (nSPS) is 10.8. The smallest absolute Gasteiger partial charge is 0.131 e. The lowest BCUT2D eigenvalue weighted by Crippen LogP contribution is -2.04. The Morgan fingerprint density at radius 1 is 1.29 bits per heavy atom. The molecule has 0 fully saturated rings. The topological polar surface area (TPSA) is 43.8 Å². The predicted molar refractivity (Wildman–Crippen MR) is 72.1 cm³/mol. The van der Waals surface area contributed by atoms with Gasteiger partial charge in [0.1, 0.15) is 17.3 Å². The number of rotatable bonds is 3. The maximum absolute atomic E-state index is 6.13. The van der Waals surface area contributed by atoms with Gasteiger partial charge in [-0.1, -0.05) is 30.7 Å². The quantitative estimate of drug-likeness (QED) is 0.905. The summed E-state index contributed by atoms with van der Waals surface area (Å²) < 4.78 is 2.05. The summed E-state index contributed by atoms with van der Waals surface area (Å²) in [4.78, 5) is 4.52. The van der Waals surface area contributed by atoms with Crippen molar-refractivity contribution in [2.75, 3.05) is 5.73 Å². The fraction of sp³-hybridized carbons (Fsp3) is 0.308. The van der Waals surface area contributed by atoms with E-state index in [-0.39, 0.29) is 0 Å². The van der Waals surface area contributed by atoms with Crippen LogP contribution in [0.1, 0.15) is 19.2 Å². The van der Waals surface area contributed by atoms with E-state index in [0.29, 0.717) is 0 Å². The maximum atomic E-state index is 6.13. The van der Waals surface area contributed by atoms with Crippen LogP contribution in [-0.2, 0) is 6.54 Å². The summed E-state index contributed by atoms with van der Waals surface area (Å²) in [6, 6.07) is 7.59. The molecule has 0 bridgehead atoms. The summed E-state index contributed by atoms with van der Waals surface area (Å²) in [6.07, 6.45) is 1.04. The van der Waals surface area contributed by atoms with Gasteiger partial charge in [-0.25, -0.2) is 4.98 Å². The van der Waals surface area contributed by atoms with E-state index in [0.717, 1.165) is 40.9 Å². The molecule has 0 saturated carbocycles. The van der Waals surface area contributed by atoms with Crippen LogP contribution in [0.2, 0.25) is 5.02 Å². The summed E-state index contributed by atoms with van der Waals surface area (Å²) in [7, 11) is 0. The average molecular weight is 250 g/mol. The minimum absolute atomic E-state index is 0.719. The van der Waals surface area contributed by atoms with Gasteiger partial charge >= 0.3 is 0 Å². The van der Waals surface area contributed by atoms with Crippen LogP contribution in [-0.4, -0.2) is 9.55 Å². The van der Waals surface area contributed by atoms with E-state index < -0.39 is 0 Å². The molecule has 2 aromatic rings. The summed E-state index contributed by atoms with van der Waals surface area (Å²) in [5, 5.41) is 0.719. The molecule has 0 unspecified atom stereocenters. The van der Waals surface area contributed by atoms with Crippen molar-refractivity contribution >= 4 is 17.4 Å². The highest BCUT2D eigenvalue weighted by Gasteiger charge is 2.12. The van der Waals surface area contributed by atoms with E-state index in [1.165, 1.54) is 0 Å². The molecule has 1 aromatic carbocycles. The fourth-order valence-electron chi connectivity index (χ4n) is 1.91. The van der Waals surface area contributed by atoms with Gasteiger partial charge in [0.25, 0.3) is 0 Å². The first kappa shape index (κ1) is 12.0. The van der Waals surface area contributed by atoms with Crippen LogP contribution >= 0.6 is 11.6 Å². The van der Waals surface area contributed by atoms with Crippen LogP contribution in [0.4, 0.5) is 5.82 Å². The number of halogens is 1. The zero-order chi connectivity index (χ0) is 12.4. The standard InChI is InChI=1S/C13H16ClN3/c1-3-8-17-9(2)16-12(13(17)15)10-4-6-11(14)7-5-10/h4-7H,3,8,15H2,1-2H3. The highest BCUT2D eigenvalue weighted by atomic mass is 35.5. The number of anilines is 1. The molecule has 2 rings (SSSR count). The van der Waals surface area contributed by atoms with Crippen molar-refractivity contribution in [2.45, 2.75) is 26.8 Å². The first-order valence-corrected chi connectivity index (χ1v) is 6.09. The Morgan fingerprint density at radius 3 is 2.53 bits per heavy atom. The van der Waals surface area contributed by atoms with Crippen molar-refractivity contribution in [3.63, 3.8) is 0 Å². The van der Waals surface area contributed by atoms with Gasteiger partial charge in [-0.05, 0) is 25.5 Å². The molecule has 1 heterocycles. The van der Waals surface area contributed by atoms with E-state index >= 15 is 0 Å². The van der Waals surface area contributed by atoms with Gasteiger partial charge in [0.2, 0.25) is 0 Å². The van der Waals surface area contributed by atoms with Crippen molar-refractivity contribution in [2.24, 2.45) is 0 Å². The molecule has 0 radical (unpaired) electrons. The number of nitrogens with two attached hydrogens (primary N) is 1. The number of benzene rings is 1. The van der Waals surface area contributed by atoms with Crippen molar-refractivity contribution in [3.05, 3.63) is 35.1 Å². The van der Waals surface area contributed by atoms with Gasteiger partial charge in [-0.15, -0.1) is 0 Å². The van der Waals surface area contributed by atoms with Crippen LogP contribution in [0.15, 0.2) is 24.3 Å². The Kier molecular flexibility index (Phi) is 3.38. The molecule has 0 aliphatic heterocycles. The monoisotopic (exact) mass is 249 g/mol. The predicted octanol–water partition coefficient (Wildman–Crippen LogP) is 3.50. The number of imidazole rings is 1. The second kappa shape index (κ2) is 4.80. The van der Waals surface area contributed by atoms with Gasteiger partial charge in [0.15, 0.2) is 0 Å². The van der Waals surface area contributed by atoms with Crippen LogP contribution < -0.4 is 5.73 Å². The van der Waals surface area contributed by atoms with Gasteiger partial charge in [0.05, 0.1) is 0 Å². The van der Waals surface area contributed by atoms with Crippen molar-refractivity contribution in [1.82, 2.24) is 9.55 Å². The van der Waals surface area contributed by atoms with Crippen LogP contribution in [0.3, 0.4) is 0 Å². The Labute approximate surface area is 106 Å². The summed E-state index contributed by atoms with van der Waals surface area (Å²) in [6.45, 7) is 5.00. The zero-order valence-corrected chi connectivity index (χ0v) is 10.8. The first-order valence-electron chi connectivity index (χ1n) is 5.72. The Bertz CT molecular complexity index is 514. The van der Waals surface area contributed by atoms with Crippen molar-refractivity contribution in [1.29, 1.82) is 0 Å². The molecule has 0 spiro atoms. The molecule has 2 N–H and O–H groups in total. The SMILES string of the molecule is CCCn1c(C)nc(-c2ccc(Cl)cc2)c1N. The first-order chi connectivity index (χ1) is 8.13. The third kappa shape index (κ3) is 2.29. The second-order valence-corrected chi connectivity index (χ2v) is 4.49. The van der Waals surface area contributed by atoms with Crippen LogP contribution in [0, 0.1) is 6.92 Å². The number of nitrogens with zero attached hydrogens (tertiary/aromatic N) is 2. The highest BCUT2D eigenvalue weighted by molar-refractivity contribution is 6.30. The molecule has 1 aromatic heterocycles. The lowest BCUT2D eigenvalue weighted by Gasteiger charge is -2.05. The van der Waals surface area contributed by atoms with E-state index in [9.17, 15) is 0 Å². The number of aromatic nitrogens is 2. The average Bonchev–Trinajstić information content (AvgIpc) is 2.59. The van der Waals surface area contributed by atoms with E-state index in [1.807, 2.05) is 35.8 Å². The Morgan fingerprint density at radius 2 is 1.94 bits per heavy atom. The lowest BCUT2D eigenvalue weighted by atomic mass is 10.1. The number of hydrogen-bond donors (Lipinski definition) is 1. The summed E-state index contributed by atoms with van der Waals surface area (Å²) in [5.74, 6) is 1.68. The van der Waals surface area contributed by atoms with Gasteiger partial charge in [-0.3, -0.25) is 0 Å². The van der Waals surface area contributed by atoms with Gasteiger partial charge in [0, 0.05) is 17.1 Å². The summed E-state index contributed by atoms with van der Waals surface area (Å²) in [5.41, 5.74) is 7.97. The molecule has 0 aliphatic carbocycles. The van der Waals surface area contributed by atoms with Crippen molar-refractivity contribution in [3.8, 4) is 11.3 Å². The van der Waals surface area contributed by atoms with E-state index in [4.69, 9.17) is 17.3 Å². The molecule has 0 atom stereocenters. The minimum Gasteiger partial charge on any atom is -0.383 e. The molecule has 4 heteroatoms. The third-order valence-electron chi connectivity index (χ3n) is 2.76. The number of hydrogen-bond acceptors (Lipinski definition) is 2. The largest absolute Gasteiger partial charge is 0.383 e. The van der Waals surface area contributed by atoms with Crippen molar-refractivity contribution < 1.29 is 0 Å². The summed E-state index contributed by atoms with van der Waals surface area (Å²) >= 11 is 5.87. The fourth-order valence-corrected chi connectivity index (χ4v) is 2.03. The molecule has 0 amide bonds. The molecule has 0 aliphatic rings. The van der Waals surface area contributed by atoms with Crippen LogP contribution in [0.5, 0.6) is 0 Å². The Hall–Kier alpha value is -1.48. The molecular weight excluding hydrogens is 234 g/mol. The molecule has 17 heavy (non-hydrogen) atoms. The molecule has 3 nitrogen and oxygen atoms in total. The lowest BCUT2D eigenvalue weighted by molar-refractivity contribution is 0.665. The number of aryl methyl sites for hydroxylation is 1. The third-order valence-corrected chi connectivity index (χ3v) is 3.01. The van der Waals surface area contributed by atoms with Gasteiger partial charge < -0.3 is 10.3 Å². The maximum Gasteiger partial charge on any atom is 0.131 e. The van der Waals surface area contributed by atoms with Crippen LogP contribution in [0.25, 0.3) is 11.3 Å².